The fraction of sp³-hybridized carbons (Fsp3) is 0.821. The van der Waals surface area contributed by atoms with Crippen molar-refractivity contribution in [3.05, 3.63) is 0 Å². The molecule has 0 aliphatic rings. The number of esters is 11. The summed E-state index contributed by atoms with van der Waals surface area (Å²) >= 11 is 0. The van der Waals surface area contributed by atoms with Crippen molar-refractivity contribution in [3.8, 4) is 0 Å². The summed E-state index contributed by atoms with van der Waals surface area (Å²) in [6.45, 7) is 10.3. The SMILES string of the molecule is COCCOC(=O)C(C)(CCC(C)(C)C(=O)OCCN)CC(C)(C)C(=O)OCCOC(=O)CCCCCOC(=O)CCCCCOC(=O)CCCCCOC(=O)CCCCCOC(=O)CCCCCOC(=O)CCCCCOC(=O)CCCCCOC(=O)CCC(=O)O. The molecule has 3 N–H and O–H groups in total. The van der Waals surface area contributed by atoms with Gasteiger partial charge in [-0.25, -0.2) is 0 Å². The molecule has 26 nitrogen and oxygen atoms in total. The van der Waals surface area contributed by atoms with E-state index < -0.39 is 52.1 Å². The molecule has 0 aliphatic heterocycles. The van der Waals surface area contributed by atoms with Crippen molar-refractivity contribution < 1.29 is 119 Å². The quantitative estimate of drug-likeness (QED) is 0.0325. The number of ether oxygens (including phenoxy) is 12. The van der Waals surface area contributed by atoms with Gasteiger partial charge in [0.1, 0.15) is 26.4 Å². The highest BCUT2D eigenvalue weighted by Gasteiger charge is 2.45. The van der Waals surface area contributed by atoms with Crippen LogP contribution in [0.15, 0.2) is 0 Å². The van der Waals surface area contributed by atoms with Crippen LogP contribution in [0.2, 0.25) is 0 Å². The van der Waals surface area contributed by atoms with Gasteiger partial charge >= 0.3 is 71.6 Å². The third-order valence-electron chi connectivity index (χ3n) is 14.7. The van der Waals surface area contributed by atoms with Gasteiger partial charge in [-0.15, -0.1) is 0 Å². The number of rotatable bonds is 61. The van der Waals surface area contributed by atoms with Crippen molar-refractivity contribution in [2.24, 2.45) is 22.0 Å². The van der Waals surface area contributed by atoms with Crippen LogP contribution in [0.4, 0.5) is 0 Å². The maximum absolute atomic E-state index is 13.4. The topological polar surface area (TPSA) is 362 Å². The molecule has 0 saturated carbocycles. The zero-order valence-corrected chi connectivity index (χ0v) is 56.8. The molecule has 0 aromatic rings. The number of methoxy groups -OCH3 is 1. The van der Waals surface area contributed by atoms with E-state index >= 15 is 0 Å². The van der Waals surface area contributed by atoms with E-state index in [1.165, 1.54) is 7.11 Å². The van der Waals surface area contributed by atoms with Crippen molar-refractivity contribution in [3.63, 3.8) is 0 Å². The first-order valence-corrected chi connectivity index (χ1v) is 33.5. The van der Waals surface area contributed by atoms with Gasteiger partial charge in [0.15, 0.2) is 0 Å². The molecule has 536 valence electrons. The lowest BCUT2D eigenvalue weighted by Gasteiger charge is -2.36. The average molecular weight is 1330 g/mol. The van der Waals surface area contributed by atoms with E-state index in [1.807, 2.05) is 0 Å². The van der Waals surface area contributed by atoms with E-state index in [0.717, 1.165) is 0 Å². The van der Waals surface area contributed by atoms with Crippen LogP contribution in [-0.4, -0.2) is 170 Å². The number of carboxylic acids is 1. The third-order valence-corrected chi connectivity index (χ3v) is 14.7. The fourth-order valence-corrected chi connectivity index (χ4v) is 9.15. The summed E-state index contributed by atoms with van der Waals surface area (Å²) in [6.07, 6.45) is 14.9. The van der Waals surface area contributed by atoms with E-state index in [4.69, 9.17) is 67.7 Å². The van der Waals surface area contributed by atoms with Gasteiger partial charge in [0.05, 0.1) is 81.9 Å². The molecule has 0 amide bonds. The second kappa shape index (κ2) is 54.9. The Labute approximate surface area is 550 Å². The number of hydrogen-bond donors (Lipinski definition) is 2. The summed E-state index contributed by atoms with van der Waals surface area (Å²) in [5.74, 6) is -5.49. The predicted molar refractivity (Wildman–Crippen MR) is 337 cm³/mol. The fourth-order valence-electron chi connectivity index (χ4n) is 9.15. The second-order valence-electron chi connectivity index (χ2n) is 24.5. The molecule has 0 aromatic heterocycles. The minimum atomic E-state index is -1.17. The van der Waals surface area contributed by atoms with Crippen LogP contribution in [0.5, 0.6) is 0 Å². The highest BCUT2D eigenvalue weighted by molar-refractivity contribution is 5.81. The van der Waals surface area contributed by atoms with Crippen LogP contribution < -0.4 is 5.73 Å². The number of unbranched alkanes of at least 4 members (excludes halogenated alkanes) is 14. The van der Waals surface area contributed by atoms with Gasteiger partial charge in [0.2, 0.25) is 0 Å². The average Bonchev–Trinajstić information content (AvgIpc) is 0.826. The first-order valence-electron chi connectivity index (χ1n) is 33.5. The first-order chi connectivity index (χ1) is 44.4. The summed E-state index contributed by atoms with van der Waals surface area (Å²) in [6, 6.07) is 0. The molecule has 1 unspecified atom stereocenters. The molecule has 26 heteroatoms. The monoisotopic (exact) mass is 1330 g/mol. The summed E-state index contributed by atoms with van der Waals surface area (Å²) in [7, 11) is 1.48. The van der Waals surface area contributed by atoms with E-state index in [-0.39, 0.29) is 199 Å². The molecule has 0 bridgehead atoms. The Bertz CT molecular complexity index is 2160. The van der Waals surface area contributed by atoms with Crippen molar-refractivity contribution in [2.75, 3.05) is 92.9 Å². The van der Waals surface area contributed by atoms with Crippen molar-refractivity contribution in [1.29, 1.82) is 0 Å². The van der Waals surface area contributed by atoms with Crippen LogP contribution in [0, 0.1) is 16.2 Å². The summed E-state index contributed by atoms with van der Waals surface area (Å²) < 4.78 is 63.0. The molecule has 0 radical (unpaired) electrons. The summed E-state index contributed by atoms with van der Waals surface area (Å²) in [5.41, 5.74) is 2.23. The molecule has 0 aliphatic carbocycles. The Morgan fingerprint density at radius 3 is 0.839 bits per heavy atom. The van der Waals surface area contributed by atoms with Gasteiger partial charge in [0.25, 0.3) is 0 Å². The molecule has 0 aromatic carbocycles. The zero-order valence-electron chi connectivity index (χ0n) is 56.8. The molecule has 93 heavy (non-hydrogen) atoms. The lowest BCUT2D eigenvalue weighted by atomic mass is 9.69. The van der Waals surface area contributed by atoms with Crippen LogP contribution in [0.1, 0.15) is 247 Å². The number of carboxylic acid groups (broad SMARTS) is 1. The Balaban J connectivity index is 3.84. The normalized spacial score (nSPS) is 11.9. The number of aliphatic carboxylic acids is 1. The van der Waals surface area contributed by atoms with Crippen LogP contribution >= 0.6 is 0 Å². The molecule has 0 fully saturated rings. The van der Waals surface area contributed by atoms with Gasteiger partial charge in [-0.2, -0.15) is 0 Å². The minimum absolute atomic E-state index is 0.0192. The maximum atomic E-state index is 13.4. The van der Waals surface area contributed by atoms with Crippen LogP contribution in [-0.2, 0) is 114 Å². The molecule has 0 spiro atoms. The zero-order chi connectivity index (χ0) is 69.4. The Hall–Kier alpha value is -6.44. The number of carbonyl (C=O) groups excluding carboxylic acids is 11. The number of hydrogen-bond acceptors (Lipinski definition) is 25. The highest BCUT2D eigenvalue weighted by Crippen LogP contribution is 2.42. The standard InChI is InChI=1S/C67H113NO25/c1-65(2,62(79)91-47-39-68)37-38-67(5,64(81)93-49-48-82-6)52-66(3,4)63(80)92-51-50-90-60(77)34-20-13-26-45-88-58(75)32-18-11-24-43-86-56(73)30-16-9-22-41-84-54(71)28-14-7-21-40-83-55(72)29-15-8-23-42-85-57(74)31-17-10-25-44-87-59(76)33-19-12-27-46-89-61(78)36-35-53(69)70/h7-52,68H2,1-6H3,(H,69,70). The molecular formula is C67H113NO25. The Morgan fingerprint density at radius 1 is 0.280 bits per heavy atom. The van der Waals surface area contributed by atoms with Gasteiger partial charge in [-0.1, -0.05) is 0 Å². The van der Waals surface area contributed by atoms with Gasteiger partial charge in [-0.05, 0) is 189 Å². The second-order valence-corrected chi connectivity index (χ2v) is 24.5. The Morgan fingerprint density at radius 2 is 0.538 bits per heavy atom. The lowest BCUT2D eigenvalue weighted by molar-refractivity contribution is -0.167. The summed E-state index contributed by atoms with van der Waals surface area (Å²) in [5, 5.41) is 8.57. The lowest BCUT2D eigenvalue weighted by Crippen LogP contribution is -2.41. The first kappa shape index (κ1) is 86.6. The van der Waals surface area contributed by atoms with Gasteiger partial charge in [0, 0.05) is 58.6 Å². The number of carbonyl (C=O) groups is 12. The molecular weight excluding hydrogens is 1220 g/mol. The van der Waals surface area contributed by atoms with Crippen LogP contribution in [0.25, 0.3) is 0 Å². The smallest absolute Gasteiger partial charge is 0.311 e. The van der Waals surface area contributed by atoms with E-state index in [2.05, 4.69) is 0 Å². The largest absolute Gasteiger partial charge is 0.481 e. The molecule has 0 rings (SSSR count). The third kappa shape index (κ3) is 50.7. The molecule has 0 saturated heterocycles. The molecule has 0 heterocycles. The van der Waals surface area contributed by atoms with Crippen molar-refractivity contribution in [2.45, 2.75) is 247 Å². The van der Waals surface area contributed by atoms with Crippen molar-refractivity contribution in [1.82, 2.24) is 0 Å². The van der Waals surface area contributed by atoms with Gasteiger partial charge in [-0.3, -0.25) is 57.5 Å². The minimum Gasteiger partial charge on any atom is -0.481 e. The number of nitrogens with two attached hydrogens (primary N) is 1. The maximum Gasteiger partial charge on any atom is 0.311 e. The van der Waals surface area contributed by atoms with Crippen LogP contribution in [0.3, 0.4) is 0 Å². The van der Waals surface area contributed by atoms with Crippen molar-refractivity contribution >= 4 is 71.6 Å². The van der Waals surface area contributed by atoms with E-state index in [1.54, 1.807) is 34.6 Å². The van der Waals surface area contributed by atoms with E-state index in [0.29, 0.717) is 135 Å². The highest BCUT2D eigenvalue weighted by atomic mass is 16.6. The van der Waals surface area contributed by atoms with E-state index in [9.17, 15) is 57.5 Å². The van der Waals surface area contributed by atoms with Gasteiger partial charge < -0.3 is 67.7 Å². The Kier molecular flexibility index (Phi) is 51.1. The predicted octanol–water partition coefficient (Wildman–Crippen LogP) is 9.58. The molecule has 1 atom stereocenters. The summed E-state index contributed by atoms with van der Waals surface area (Å²) in [4.78, 5) is 146.